The van der Waals surface area contributed by atoms with E-state index in [1.165, 1.54) is 18.6 Å². The number of esters is 1. The standard InChI is InChI=1S/C33H48F3N5O.C3H6O2/c1-7-40(18-11-9-8-10-17-38-39-23-42)21-25-14-15-29-27(19-25)28(20-32(4,5)6)31(41(29)22-33(34,35)36)26-13-12-16-37-30(26)24(2)3;1-3(4)5-2/h12-16,19,23-24,38H,7-11,17-18,20-22H2,1-6H3,(H,39,42);1-2H3. The topological polar surface area (TPSA) is 88.5 Å². The van der Waals surface area contributed by atoms with Crippen molar-refractivity contribution in [2.24, 2.45) is 5.41 Å². The summed E-state index contributed by atoms with van der Waals surface area (Å²) in [5, 5.41) is 0.896. The van der Waals surface area contributed by atoms with Crippen LogP contribution in [0, 0.1) is 5.41 Å². The summed E-state index contributed by atoms with van der Waals surface area (Å²) in [4.78, 5) is 26.9. The van der Waals surface area contributed by atoms with Crippen molar-refractivity contribution >= 4 is 23.3 Å². The maximum atomic E-state index is 14.1. The van der Waals surface area contributed by atoms with Gasteiger partial charge in [-0.2, -0.15) is 13.2 Å². The number of alkyl halides is 3. The maximum Gasteiger partial charge on any atom is 0.406 e. The van der Waals surface area contributed by atoms with Crippen molar-refractivity contribution in [3.63, 3.8) is 0 Å². The Morgan fingerprint density at radius 1 is 1.11 bits per heavy atom. The second-order valence-electron chi connectivity index (χ2n) is 13.4. The molecule has 0 atom stereocenters. The number of hydrogen-bond donors (Lipinski definition) is 2. The summed E-state index contributed by atoms with van der Waals surface area (Å²) >= 11 is 0. The molecule has 2 N–H and O–H groups in total. The lowest BCUT2D eigenvalue weighted by molar-refractivity contribution is -0.140. The molecule has 8 nitrogen and oxygen atoms in total. The minimum absolute atomic E-state index is 0.0685. The van der Waals surface area contributed by atoms with Crippen molar-refractivity contribution in [2.75, 3.05) is 26.7 Å². The molecule has 47 heavy (non-hydrogen) atoms. The van der Waals surface area contributed by atoms with Crippen LogP contribution in [-0.2, 0) is 33.8 Å². The van der Waals surface area contributed by atoms with Crippen LogP contribution in [0.2, 0.25) is 0 Å². The fourth-order valence-corrected chi connectivity index (χ4v) is 5.63. The molecule has 3 rings (SSSR count). The first-order valence-corrected chi connectivity index (χ1v) is 16.5. The van der Waals surface area contributed by atoms with Crippen LogP contribution < -0.4 is 10.9 Å². The number of nitrogens with one attached hydrogen (secondary N) is 2. The minimum atomic E-state index is -4.36. The number of unbranched alkanes of at least 4 members (excludes halogenated alkanes) is 3. The number of benzene rings is 1. The first-order valence-electron chi connectivity index (χ1n) is 16.5. The SMILES string of the molecule is CCN(CCCCCCNNC=O)Cc1ccc2c(c1)c(CC(C)(C)C)c(-c1cccnc1C(C)C)n2CC(F)(F)F.COC(C)=O. The van der Waals surface area contributed by atoms with Crippen molar-refractivity contribution in [1.29, 1.82) is 0 Å². The molecule has 2 heterocycles. The first-order chi connectivity index (χ1) is 22.1. The second kappa shape index (κ2) is 18.8. The molecule has 0 aliphatic heterocycles. The van der Waals surface area contributed by atoms with E-state index in [0.29, 0.717) is 24.0 Å². The van der Waals surface area contributed by atoms with Crippen LogP contribution in [0.25, 0.3) is 22.2 Å². The highest BCUT2D eigenvalue weighted by Gasteiger charge is 2.33. The smallest absolute Gasteiger partial charge is 0.406 e. The Bertz CT molecular complexity index is 1410. The van der Waals surface area contributed by atoms with Crippen LogP contribution in [0.4, 0.5) is 13.2 Å². The van der Waals surface area contributed by atoms with Gasteiger partial charge in [0.15, 0.2) is 0 Å². The van der Waals surface area contributed by atoms with Crippen molar-refractivity contribution in [3.05, 3.63) is 53.3 Å². The van der Waals surface area contributed by atoms with Gasteiger partial charge in [0.05, 0.1) is 18.5 Å². The molecule has 3 aromatic rings. The van der Waals surface area contributed by atoms with Gasteiger partial charge < -0.3 is 9.30 Å². The molecular weight excluding hydrogens is 607 g/mol. The zero-order valence-corrected chi connectivity index (χ0v) is 29.4. The number of methoxy groups -OCH3 is 1. The van der Waals surface area contributed by atoms with E-state index in [1.807, 2.05) is 38.1 Å². The third-order valence-corrected chi connectivity index (χ3v) is 7.75. The van der Waals surface area contributed by atoms with Crippen LogP contribution >= 0.6 is 0 Å². The molecule has 0 unspecified atom stereocenters. The Labute approximate surface area is 278 Å². The number of hydrogen-bond acceptors (Lipinski definition) is 6. The third kappa shape index (κ3) is 13.3. The largest absolute Gasteiger partial charge is 0.469 e. The van der Waals surface area contributed by atoms with Gasteiger partial charge in [0.1, 0.15) is 6.54 Å². The number of ether oxygens (including phenoxy) is 1. The number of nitrogens with zero attached hydrogens (tertiary/aromatic N) is 3. The van der Waals surface area contributed by atoms with E-state index in [0.717, 1.165) is 79.6 Å². The van der Waals surface area contributed by atoms with E-state index < -0.39 is 12.7 Å². The molecule has 0 radical (unpaired) electrons. The number of carbonyl (C=O) groups excluding carboxylic acids is 2. The number of hydrazine groups is 1. The number of carbonyl (C=O) groups is 2. The Hall–Kier alpha value is -3.44. The molecule has 2 aromatic heterocycles. The highest BCUT2D eigenvalue weighted by atomic mass is 19.4. The molecule has 0 aliphatic carbocycles. The van der Waals surface area contributed by atoms with Crippen LogP contribution in [0.15, 0.2) is 36.5 Å². The molecule has 0 fully saturated rings. The van der Waals surface area contributed by atoms with Gasteiger partial charge in [0.2, 0.25) is 6.41 Å². The summed E-state index contributed by atoms with van der Waals surface area (Å²) in [6.45, 7) is 16.3. The van der Waals surface area contributed by atoms with Gasteiger partial charge in [-0.25, -0.2) is 5.43 Å². The molecule has 11 heteroatoms. The van der Waals surface area contributed by atoms with E-state index in [1.54, 1.807) is 6.20 Å². The summed E-state index contributed by atoms with van der Waals surface area (Å²) in [6.07, 6.45) is 2.88. The predicted molar refractivity (Wildman–Crippen MR) is 183 cm³/mol. The lowest BCUT2D eigenvalue weighted by Crippen LogP contribution is -2.30. The predicted octanol–water partition coefficient (Wildman–Crippen LogP) is 7.79. The molecule has 262 valence electrons. The Morgan fingerprint density at radius 3 is 2.36 bits per heavy atom. The average Bonchev–Trinajstić information content (AvgIpc) is 3.27. The van der Waals surface area contributed by atoms with Gasteiger partial charge in [-0.15, -0.1) is 0 Å². The van der Waals surface area contributed by atoms with Crippen molar-refractivity contribution in [1.82, 2.24) is 25.3 Å². The van der Waals surface area contributed by atoms with Crippen LogP contribution in [0.1, 0.15) is 96.9 Å². The number of pyridine rings is 1. The summed E-state index contributed by atoms with van der Waals surface area (Å²) in [5.74, 6) is -0.177. The molecular formula is C36H54F3N5O3. The van der Waals surface area contributed by atoms with Gasteiger partial charge in [-0.1, -0.05) is 60.5 Å². The highest BCUT2D eigenvalue weighted by molar-refractivity contribution is 5.93. The summed E-state index contributed by atoms with van der Waals surface area (Å²) < 4.78 is 47.8. The lowest BCUT2D eigenvalue weighted by Gasteiger charge is -2.22. The fourth-order valence-electron chi connectivity index (χ4n) is 5.63. The molecule has 0 bridgehead atoms. The van der Waals surface area contributed by atoms with E-state index in [-0.39, 0.29) is 17.3 Å². The molecule has 1 amide bonds. The first kappa shape index (κ1) is 39.7. The van der Waals surface area contributed by atoms with Gasteiger partial charge in [0, 0.05) is 42.7 Å². The lowest BCUT2D eigenvalue weighted by atomic mass is 9.85. The van der Waals surface area contributed by atoms with Crippen LogP contribution in [0.3, 0.4) is 0 Å². The fraction of sp³-hybridized carbons (Fsp3) is 0.583. The van der Waals surface area contributed by atoms with Gasteiger partial charge >= 0.3 is 12.1 Å². The number of halogens is 3. The van der Waals surface area contributed by atoms with Gasteiger partial charge in [-0.05, 0) is 79.1 Å². The van der Waals surface area contributed by atoms with Crippen LogP contribution in [-0.4, -0.2) is 59.8 Å². The number of fused-ring (bicyclic) bond motifs is 1. The average molecular weight is 662 g/mol. The Balaban J connectivity index is 0.00000142. The maximum absolute atomic E-state index is 14.1. The Morgan fingerprint density at radius 2 is 1.79 bits per heavy atom. The second-order valence-corrected chi connectivity index (χ2v) is 13.4. The quantitative estimate of drug-likeness (QED) is 0.0706. The zero-order valence-electron chi connectivity index (χ0n) is 29.4. The molecule has 1 aromatic carbocycles. The van der Waals surface area contributed by atoms with Crippen molar-refractivity contribution in [2.45, 2.75) is 106 Å². The van der Waals surface area contributed by atoms with Gasteiger partial charge in [-0.3, -0.25) is 24.9 Å². The molecule has 0 spiro atoms. The van der Waals surface area contributed by atoms with Gasteiger partial charge in [0.25, 0.3) is 0 Å². The van der Waals surface area contributed by atoms with E-state index in [9.17, 15) is 22.8 Å². The summed E-state index contributed by atoms with van der Waals surface area (Å²) in [7, 11) is 1.35. The number of rotatable bonds is 16. The van der Waals surface area contributed by atoms with E-state index in [2.05, 4.69) is 59.2 Å². The summed E-state index contributed by atoms with van der Waals surface area (Å²) in [6, 6.07) is 9.73. The minimum Gasteiger partial charge on any atom is -0.469 e. The van der Waals surface area contributed by atoms with Crippen molar-refractivity contribution < 1.29 is 27.5 Å². The third-order valence-electron chi connectivity index (χ3n) is 7.75. The number of amides is 1. The van der Waals surface area contributed by atoms with E-state index >= 15 is 0 Å². The highest BCUT2D eigenvalue weighted by Crippen LogP contribution is 2.41. The number of aromatic nitrogens is 2. The summed E-state index contributed by atoms with van der Waals surface area (Å²) in [5.41, 5.74) is 10.1. The zero-order chi connectivity index (χ0) is 35.2. The van der Waals surface area contributed by atoms with E-state index in [4.69, 9.17) is 0 Å². The van der Waals surface area contributed by atoms with Crippen LogP contribution in [0.5, 0.6) is 0 Å². The molecule has 0 saturated carbocycles. The van der Waals surface area contributed by atoms with Crippen molar-refractivity contribution in [3.8, 4) is 11.3 Å². The Kier molecular flexibility index (Phi) is 15.9. The molecule has 0 saturated heterocycles. The normalized spacial score (nSPS) is 11.9. The molecule has 0 aliphatic rings. The monoisotopic (exact) mass is 661 g/mol.